The maximum Gasteiger partial charge on any atom is 0.191 e. The van der Waals surface area contributed by atoms with Crippen molar-refractivity contribution in [2.45, 2.75) is 47.1 Å². The van der Waals surface area contributed by atoms with Crippen molar-refractivity contribution < 1.29 is 0 Å². The van der Waals surface area contributed by atoms with Crippen LogP contribution in [-0.4, -0.2) is 54.6 Å². The van der Waals surface area contributed by atoms with Crippen molar-refractivity contribution in [2.24, 2.45) is 4.99 Å². The fraction of sp³-hybridized carbons (Fsp3) is 0.750. The van der Waals surface area contributed by atoms with E-state index in [1.165, 1.54) is 0 Å². The summed E-state index contributed by atoms with van der Waals surface area (Å²) in [5.41, 5.74) is 1.16. The van der Waals surface area contributed by atoms with Gasteiger partial charge in [0, 0.05) is 37.5 Å². The van der Waals surface area contributed by atoms with Crippen molar-refractivity contribution in [3.8, 4) is 0 Å². The Labute approximate surface area is 139 Å². The minimum absolute atomic E-state index is 0.573. The van der Waals surface area contributed by atoms with Crippen LogP contribution in [0.2, 0.25) is 0 Å². The minimum Gasteiger partial charge on any atom is -0.357 e. The number of guanidine groups is 1. The normalized spacial score (nSPS) is 12.2. The maximum absolute atomic E-state index is 4.65. The number of nitrogens with zero attached hydrogens (tertiary/aromatic N) is 3. The lowest BCUT2D eigenvalue weighted by Gasteiger charge is -2.23. The van der Waals surface area contributed by atoms with Gasteiger partial charge in [-0.05, 0) is 34.2 Å². The van der Waals surface area contributed by atoms with E-state index in [4.69, 9.17) is 0 Å². The first-order valence-electron chi connectivity index (χ1n) is 8.24. The molecule has 0 unspecified atom stereocenters. The summed E-state index contributed by atoms with van der Waals surface area (Å²) < 4.78 is 0. The molecular formula is C16H31N5S. The zero-order valence-electron chi connectivity index (χ0n) is 14.6. The second-order valence-corrected chi connectivity index (χ2v) is 6.58. The van der Waals surface area contributed by atoms with Crippen LogP contribution in [0.15, 0.2) is 10.4 Å². The van der Waals surface area contributed by atoms with Gasteiger partial charge in [0.05, 0.1) is 17.2 Å². The van der Waals surface area contributed by atoms with Crippen LogP contribution in [0.4, 0.5) is 0 Å². The van der Waals surface area contributed by atoms with Crippen LogP contribution in [0, 0.1) is 6.92 Å². The Hall–Kier alpha value is -1.14. The molecule has 0 atom stereocenters. The van der Waals surface area contributed by atoms with E-state index in [0.29, 0.717) is 6.04 Å². The number of nitrogens with one attached hydrogen (secondary N) is 2. The Bertz CT molecular complexity index is 441. The molecule has 2 N–H and O–H groups in total. The number of aryl methyl sites for hydroxylation is 1. The second kappa shape index (κ2) is 10.6. The first-order valence-corrected chi connectivity index (χ1v) is 9.12. The molecule has 0 saturated carbocycles. The quantitative estimate of drug-likeness (QED) is 0.540. The first-order chi connectivity index (χ1) is 10.6. The van der Waals surface area contributed by atoms with Gasteiger partial charge in [0.15, 0.2) is 5.96 Å². The van der Waals surface area contributed by atoms with Crippen LogP contribution in [0.5, 0.6) is 0 Å². The van der Waals surface area contributed by atoms with Gasteiger partial charge in [-0.2, -0.15) is 0 Å². The maximum atomic E-state index is 4.65. The monoisotopic (exact) mass is 325 g/mol. The molecule has 0 saturated heterocycles. The topological polar surface area (TPSA) is 52.6 Å². The number of aliphatic imine (C=N–C) groups is 1. The van der Waals surface area contributed by atoms with Crippen LogP contribution < -0.4 is 10.6 Å². The van der Waals surface area contributed by atoms with Crippen molar-refractivity contribution in [3.05, 3.63) is 16.1 Å². The smallest absolute Gasteiger partial charge is 0.191 e. The molecule has 0 aliphatic heterocycles. The molecule has 0 aliphatic carbocycles. The standard InChI is InChI=1S/C16H31N5S/c1-6-17-16(19-10-11-21(7-2)13(3)4)18-9-8-15-12-22-14(5)20-15/h12-13H,6-11H2,1-5H3,(H2,17,18,19). The molecule has 0 amide bonds. The summed E-state index contributed by atoms with van der Waals surface area (Å²) in [5.74, 6) is 0.897. The molecule has 1 heterocycles. The fourth-order valence-electron chi connectivity index (χ4n) is 2.25. The molecule has 0 spiro atoms. The third-order valence-corrected chi connectivity index (χ3v) is 4.30. The van der Waals surface area contributed by atoms with Crippen molar-refractivity contribution in [1.29, 1.82) is 0 Å². The predicted molar refractivity (Wildman–Crippen MR) is 96.9 cm³/mol. The highest BCUT2D eigenvalue weighted by molar-refractivity contribution is 7.09. The van der Waals surface area contributed by atoms with Crippen molar-refractivity contribution in [1.82, 2.24) is 20.5 Å². The van der Waals surface area contributed by atoms with Crippen molar-refractivity contribution in [3.63, 3.8) is 0 Å². The van der Waals surface area contributed by atoms with E-state index in [1.54, 1.807) is 11.3 Å². The third-order valence-electron chi connectivity index (χ3n) is 3.48. The second-order valence-electron chi connectivity index (χ2n) is 5.52. The summed E-state index contributed by atoms with van der Waals surface area (Å²) in [6.45, 7) is 15.4. The minimum atomic E-state index is 0.573. The lowest BCUT2D eigenvalue weighted by molar-refractivity contribution is 0.240. The van der Waals surface area contributed by atoms with E-state index < -0.39 is 0 Å². The average molecular weight is 326 g/mol. The van der Waals surface area contributed by atoms with Crippen molar-refractivity contribution >= 4 is 17.3 Å². The van der Waals surface area contributed by atoms with Gasteiger partial charge < -0.3 is 10.6 Å². The average Bonchev–Trinajstić information content (AvgIpc) is 2.88. The van der Waals surface area contributed by atoms with Crippen molar-refractivity contribution in [2.75, 3.05) is 32.7 Å². The number of hydrogen-bond acceptors (Lipinski definition) is 4. The molecular weight excluding hydrogens is 294 g/mol. The number of likely N-dealkylation sites (N-methyl/N-ethyl adjacent to an activating group) is 1. The summed E-state index contributed by atoms with van der Waals surface area (Å²) >= 11 is 1.71. The molecule has 1 aromatic rings. The van der Waals surface area contributed by atoms with Crippen LogP contribution in [0.3, 0.4) is 0 Å². The fourth-order valence-corrected chi connectivity index (χ4v) is 2.89. The van der Waals surface area contributed by atoms with E-state index in [2.05, 4.69) is 58.6 Å². The van der Waals surface area contributed by atoms with Gasteiger partial charge in [-0.15, -0.1) is 11.3 Å². The molecule has 126 valence electrons. The van der Waals surface area contributed by atoms with Crippen LogP contribution in [-0.2, 0) is 6.42 Å². The number of thiazole rings is 1. The summed E-state index contributed by atoms with van der Waals surface area (Å²) in [6, 6.07) is 0.573. The Morgan fingerprint density at radius 3 is 2.68 bits per heavy atom. The Kier molecular flexibility index (Phi) is 9.08. The van der Waals surface area contributed by atoms with Crippen LogP contribution >= 0.6 is 11.3 Å². The Balaban J connectivity index is 2.38. The van der Waals surface area contributed by atoms with E-state index >= 15 is 0 Å². The first kappa shape index (κ1) is 18.9. The third kappa shape index (κ3) is 7.22. The lowest BCUT2D eigenvalue weighted by Crippen LogP contribution is -2.39. The molecule has 1 aromatic heterocycles. The van der Waals surface area contributed by atoms with Crippen LogP contribution in [0.25, 0.3) is 0 Å². The largest absolute Gasteiger partial charge is 0.357 e. The van der Waals surface area contributed by atoms with Gasteiger partial charge in [0.2, 0.25) is 0 Å². The highest BCUT2D eigenvalue weighted by Crippen LogP contribution is 2.07. The SMILES string of the molecule is CCNC(=NCCN(CC)C(C)C)NCCc1csc(C)n1. The van der Waals surface area contributed by atoms with E-state index in [-0.39, 0.29) is 0 Å². The van der Waals surface area contributed by atoms with E-state index in [0.717, 1.165) is 55.8 Å². The molecule has 0 fully saturated rings. The summed E-state index contributed by atoms with van der Waals surface area (Å²) in [6.07, 6.45) is 0.932. The van der Waals surface area contributed by atoms with E-state index in [1.807, 2.05) is 6.92 Å². The molecule has 5 nitrogen and oxygen atoms in total. The Morgan fingerprint density at radius 1 is 1.36 bits per heavy atom. The number of aromatic nitrogens is 1. The summed E-state index contributed by atoms with van der Waals surface area (Å²) in [5, 5.41) is 9.94. The number of rotatable bonds is 9. The highest BCUT2D eigenvalue weighted by atomic mass is 32.1. The van der Waals surface area contributed by atoms with Gasteiger partial charge in [0.1, 0.15) is 0 Å². The molecule has 0 aromatic carbocycles. The summed E-state index contributed by atoms with van der Waals surface area (Å²) in [4.78, 5) is 11.6. The van der Waals surface area contributed by atoms with Gasteiger partial charge in [0.25, 0.3) is 0 Å². The Morgan fingerprint density at radius 2 is 2.14 bits per heavy atom. The summed E-state index contributed by atoms with van der Waals surface area (Å²) in [7, 11) is 0. The van der Waals surface area contributed by atoms with Gasteiger partial charge >= 0.3 is 0 Å². The predicted octanol–water partition coefficient (Wildman–Crippen LogP) is 2.28. The lowest BCUT2D eigenvalue weighted by atomic mass is 10.3. The van der Waals surface area contributed by atoms with Crippen LogP contribution in [0.1, 0.15) is 38.4 Å². The molecule has 22 heavy (non-hydrogen) atoms. The molecule has 1 rings (SSSR count). The van der Waals surface area contributed by atoms with Gasteiger partial charge in [-0.25, -0.2) is 4.98 Å². The molecule has 0 radical (unpaired) electrons. The zero-order chi connectivity index (χ0) is 16.4. The van der Waals surface area contributed by atoms with Gasteiger partial charge in [-0.1, -0.05) is 6.92 Å². The van der Waals surface area contributed by atoms with Gasteiger partial charge in [-0.3, -0.25) is 9.89 Å². The molecule has 0 aliphatic rings. The zero-order valence-corrected chi connectivity index (χ0v) is 15.5. The van der Waals surface area contributed by atoms with E-state index in [9.17, 15) is 0 Å². The molecule has 0 bridgehead atoms. The highest BCUT2D eigenvalue weighted by Gasteiger charge is 2.06. The molecule has 6 heteroatoms. The number of hydrogen-bond donors (Lipinski definition) is 2.